The van der Waals surface area contributed by atoms with E-state index in [0.29, 0.717) is 28.3 Å². The molecule has 3 rings (SSSR count). The van der Waals surface area contributed by atoms with E-state index >= 15 is 0 Å². The van der Waals surface area contributed by atoms with Crippen LogP contribution in [0.1, 0.15) is 21.7 Å². The highest BCUT2D eigenvalue weighted by molar-refractivity contribution is 9.10. The summed E-state index contributed by atoms with van der Waals surface area (Å²) in [6, 6.07) is 11.3. The van der Waals surface area contributed by atoms with E-state index in [1.807, 2.05) is 25.1 Å². The smallest absolute Gasteiger partial charge is 0.261 e. The highest BCUT2D eigenvalue weighted by Gasteiger charge is 2.22. The third-order valence-electron chi connectivity index (χ3n) is 3.64. The lowest BCUT2D eigenvalue weighted by Crippen LogP contribution is -2.14. The second kappa shape index (κ2) is 6.57. The first-order chi connectivity index (χ1) is 11.5. The Morgan fingerprint density at radius 3 is 2.54 bits per heavy atom. The monoisotopic (exact) mass is 388 g/mol. The number of anilines is 1. The van der Waals surface area contributed by atoms with Crippen LogP contribution in [0.2, 0.25) is 0 Å². The number of aryl methyl sites for hydroxylation is 2. The maximum Gasteiger partial charge on any atom is 0.261 e. The molecule has 1 heterocycles. The van der Waals surface area contributed by atoms with Gasteiger partial charge in [-0.25, -0.2) is 4.39 Å². The Morgan fingerprint density at radius 1 is 1.17 bits per heavy atom. The van der Waals surface area contributed by atoms with Crippen molar-refractivity contribution in [2.45, 2.75) is 13.8 Å². The summed E-state index contributed by atoms with van der Waals surface area (Å²) in [7, 11) is 0. The van der Waals surface area contributed by atoms with Crippen LogP contribution < -0.4 is 5.32 Å². The van der Waals surface area contributed by atoms with E-state index < -0.39 is 0 Å². The summed E-state index contributed by atoms with van der Waals surface area (Å²) in [5.41, 5.74) is 2.97. The fourth-order valence-corrected chi connectivity index (χ4v) is 2.87. The van der Waals surface area contributed by atoms with Crippen LogP contribution in [0.3, 0.4) is 0 Å². The Kier molecular flexibility index (Phi) is 4.49. The van der Waals surface area contributed by atoms with Crippen molar-refractivity contribution in [1.82, 2.24) is 5.16 Å². The van der Waals surface area contributed by atoms with E-state index in [0.717, 1.165) is 10.0 Å². The van der Waals surface area contributed by atoms with Gasteiger partial charge in [0.05, 0.1) is 0 Å². The Labute approximate surface area is 146 Å². The minimum atomic E-state index is -0.351. The van der Waals surface area contributed by atoms with Crippen molar-refractivity contribution < 1.29 is 13.7 Å². The van der Waals surface area contributed by atoms with Crippen molar-refractivity contribution in [3.8, 4) is 11.3 Å². The molecule has 1 N–H and O–H groups in total. The maximum atomic E-state index is 13.1. The van der Waals surface area contributed by atoms with Gasteiger partial charge < -0.3 is 9.84 Å². The summed E-state index contributed by atoms with van der Waals surface area (Å²) in [6.45, 7) is 3.57. The normalized spacial score (nSPS) is 10.7. The fraction of sp³-hybridized carbons (Fsp3) is 0.111. The topological polar surface area (TPSA) is 55.1 Å². The zero-order valence-corrected chi connectivity index (χ0v) is 14.6. The number of halogens is 2. The molecule has 3 aromatic rings. The van der Waals surface area contributed by atoms with Crippen molar-refractivity contribution >= 4 is 27.5 Å². The zero-order chi connectivity index (χ0) is 17.3. The number of rotatable bonds is 3. The third-order valence-corrected chi connectivity index (χ3v) is 4.14. The number of nitrogens with one attached hydrogen (secondary N) is 1. The Morgan fingerprint density at radius 2 is 1.88 bits per heavy atom. The molecule has 0 bridgehead atoms. The van der Waals surface area contributed by atoms with E-state index in [1.165, 1.54) is 12.1 Å². The zero-order valence-electron chi connectivity index (χ0n) is 13.1. The van der Waals surface area contributed by atoms with Gasteiger partial charge in [-0.2, -0.15) is 0 Å². The van der Waals surface area contributed by atoms with Crippen molar-refractivity contribution in [2.75, 3.05) is 5.32 Å². The van der Waals surface area contributed by atoms with Crippen molar-refractivity contribution in [1.29, 1.82) is 0 Å². The minimum absolute atomic E-state index is 0.321. The van der Waals surface area contributed by atoms with Gasteiger partial charge in [0.1, 0.15) is 22.8 Å². The predicted octanol–water partition coefficient (Wildman–Crippen LogP) is 5.11. The molecular formula is C18H14BrFN2O2. The molecule has 0 aliphatic rings. The lowest BCUT2D eigenvalue weighted by atomic mass is 10.1. The van der Waals surface area contributed by atoms with Gasteiger partial charge in [0, 0.05) is 15.7 Å². The first kappa shape index (κ1) is 16.4. The standard InChI is InChI=1S/C18H14BrFN2O2/c1-10-9-13(19)5-8-15(10)21-18(23)16-11(2)24-22-17(16)12-3-6-14(20)7-4-12/h3-9H,1-2H3,(H,21,23). The highest BCUT2D eigenvalue weighted by atomic mass is 79.9. The molecule has 0 saturated carbocycles. The summed E-state index contributed by atoms with van der Waals surface area (Å²) < 4.78 is 19.2. The summed E-state index contributed by atoms with van der Waals surface area (Å²) in [5.74, 6) is -0.268. The summed E-state index contributed by atoms with van der Waals surface area (Å²) in [6.07, 6.45) is 0. The number of carbonyl (C=O) groups excluding carboxylic acids is 1. The summed E-state index contributed by atoms with van der Waals surface area (Å²) in [4.78, 5) is 12.7. The van der Waals surface area contributed by atoms with Crippen LogP contribution in [-0.2, 0) is 0 Å². The van der Waals surface area contributed by atoms with Crippen molar-refractivity contribution in [3.05, 3.63) is 69.6 Å². The first-order valence-electron chi connectivity index (χ1n) is 7.25. The van der Waals surface area contributed by atoms with Crippen LogP contribution in [0.5, 0.6) is 0 Å². The molecule has 0 aliphatic heterocycles. The van der Waals surface area contributed by atoms with Crippen LogP contribution in [0.25, 0.3) is 11.3 Å². The average Bonchev–Trinajstić information content (AvgIpc) is 2.92. The van der Waals surface area contributed by atoms with Gasteiger partial charge in [0.2, 0.25) is 0 Å². The predicted molar refractivity (Wildman–Crippen MR) is 93.5 cm³/mol. The molecule has 1 aromatic heterocycles. The van der Waals surface area contributed by atoms with Crippen LogP contribution >= 0.6 is 15.9 Å². The highest BCUT2D eigenvalue weighted by Crippen LogP contribution is 2.27. The maximum absolute atomic E-state index is 13.1. The van der Waals surface area contributed by atoms with Gasteiger partial charge in [-0.15, -0.1) is 0 Å². The fourth-order valence-electron chi connectivity index (χ4n) is 2.40. The number of hydrogen-bond acceptors (Lipinski definition) is 3. The number of amides is 1. The van der Waals surface area contributed by atoms with Crippen molar-refractivity contribution in [3.63, 3.8) is 0 Å². The van der Waals surface area contributed by atoms with Gasteiger partial charge in [0.25, 0.3) is 5.91 Å². The quantitative estimate of drug-likeness (QED) is 0.677. The number of benzene rings is 2. The molecule has 2 aromatic carbocycles. The Balaban J connectivity index is 1.95. The Bertz CT molecular complexity index is 904. The molecule has 0 aliphatic carbocycles. The van der Waals surface area contributed by atoms with Gasteiger partial charge in [-0.1, -0.05) is 21.1 Å². The van der Waals surface area contributed by atoms with Gasteiger partial charge in [-0.3, -0.25) is 4.79 Å². The van der Waals surface area contributed by atoms with Crippen molar-refractivity contribution in [2.24, 2.45) is 0 Å². The number of aromatic nitrogens is 1. The Hall–Kier alpha value is -2.47. The molecule has 1 amide bonds. The molecule has 0 spiro atoms. The van der Waals surface area contributed by atoms with E-state index in [-0.39, 0.29) is 11.7 Å². The minimum Gasteiger partial charge on any atom is -0.360 e. The molecule has 0 radical (unpaired) electrons. The van der Waals surface area contributed by atoms with Crippen LogP contribution in [0.15, 0.2) is 51.5 Å². The molecule has 0 unspecified atom stereocenters. The molecule has 0 atom stereocenters. The molecule has 122 valence electrons. The lowest BCUT2D eigenvalue weighted by Gasteiger charge is -2.09. The molecule has 0 saturated heterocycles. The molecule has 6 heteroatoms. The molecule has 24 heavy (non-hydrogen) atoms. The largest absolute Gasteiger partial charge is 0.360 e. The van der Waals surface area contributed by atoms with Crippen LogP contribution in [0.4, 0.5) is 10.1 Å². The second-order valence-corrected chi connectivity index (χ2v) is 6.30. The second-order valence-electron chi connectivity index (χ2n) is 5.38. The van der Waals surface area contributed by atoms with E-state index in [2.05, 4.69) is 26.4 Å². The van der Waals surface area contributed by atoms with Crippen LogP contribution in [0, 0.1) is 19.7 Å². The molecule has 0 fully saturated rings. The number of nitrogens with zero attached hydrogens (tertiary/aromatic N) is 1. The lowest BCUT2D eigenvalue weighted by molar-refractivity contribution is 0.102. The third kappa shape index (κ3) is 3.23. The van der Waals surface area contributed by atoms with Crippen LogP contribution in [-0.4, -0.2) is 11.1 Å². The number of carbonyl (C=O) groups is 1. The van der Waals surface area contributed by atoms with Gasteiger partial charge in [-0.05, 0) is 61.9 Å². The first-order valence-corrected chi connectivity index (χ1v) is 8.04. The SMILES string of the molecule is Cc1cc(Br)ccc1NC(=O)c1c(-c2ccc(F)cc2)noc1C. The summed E-state index contributed by atoms with van der Waals surface area (Å²) in [5, 5.41) is 6.82. The number of hydrogen-bond donors (Lipinski definition) is 1. The van der Waals surface area contributed by atoms with Gasteiger partial charge in [0.15, 0.2) is 0 Å². The summed E-state index contributed by atoms with van der Waals surface area (Å²) >= 11 is 3.39. The average molecular weight is 389 g/mol. The molecular weight excluding hydrogens is 375 g/mol. The van der Waals surface area contributed by atoms with E-state index in [9.17, 15) is 9.18 Å². The van der Waals surface area contributed by atoms with E-state index in [1.54, 1.807) is 19.1 Å². The van der Waals surface area contributed by atoms with E-state index in [4.69, 9.17) is 4.52 Å². The van der Waals surface area contributed by atoms with Gasteiger partial charge >= 0.3 is 0 Å². The molecule has 4 nitrogen and oxygen atoms in total.